The SMILES string of the molecule is CC(=O)N1CCC(N2CCC(c3[nH]ncc3C)C2)CC1. The van der Waals surface area contributed by atoms with Crippen molar-refractivity contribution in [3.05, 3.63) is 17.5 Å². The lowest BCUT2D eigenvalue weighted by Gasteiger charge is -2.36. The first-order valence-electron chi connectivity index (χ1n) is 7.64. The highest BCUT2D eigenvalue weighted by molar-refractivity contribution is 5.73. The van der Waals surface area contributed by atoms with Crippen LogP contribution in [0.15, 0.2) is 6.20 Å². The molecule has 5 nitrogen and oxygen atoms in total. The summed E-state index contributed by atoms with van der Waals surface area (Å²) in [5.41, 5.74) is 2.59. The van der Waals surface area contributed by atoms with Gasteiger partial charge in [0.25, 0.3) is 0 Å². The second-order valence-electron chi connectivity index (χ2n) is 6.18. The summed E-state index contributed by atoms with van der Waals surface area (Å²) in [4.78, 5) is 16.0. The number of aromatic nitrogens is 2. The monoisotopic (exact) mass is 276 g/mol. The van der Waals surface area contributed by atoms with Crippen molar-refractivity contribution in [1.82, 2.24) is 20.0 Å². The van der Waals surface area contributed by atoms with Gasteiger partial charge in [-0.2, -0.15) is 5.10 Å². The Balaban J connectivity index is 1.56. The second kappa shape index (κ2) is 5.56. The van der Waals surface area contributed by atoms with Crippen molar-refractivity contribution < 1.29 is 4.79 Å². The van der Waals surface area contributed by atoms with E-state index in [2.05, 4.69) is 22.0 Å². The molecule has 0 aromatic carbocycles. The molecule has 3 heterocycles. The van der Waals surface area contributed by atoms with Crippen LogP contribution >= 0.6 is 0 Å². The lowest BCUT2D eigenvalue weighted by molar-refractivity contribution is -0.130. The lowest BCUT2D eigenvalue weighted by atomic mass is 10.0. The molecule has 1 aromatic rings. The van der Waals surface area contributed by atoms with Gasteiger partial charge in [-0.25, -0.2) is 0 Å². The minimum Gasteiger partial charge on any atom is -0.343 e. The fraction of sp³-hybridized carbons (Fsp3) is 0.733. The predicted molar refractivity (Wildman–Crippen MR) is 77.5 cm³/mol. The van der Waals surface area contributed by atoms with E-state index in [1.807, 2.05) is 11.1 Å². The lowest BCUT2D eigenvalue weighted by Crippen LogP contribution is -2.45. The van der Waals surface area contributed by atoms with Gasteiger partial charge >= 0.3 is 0 Å². The van der Waals surface area contributed by atoms with E-state index in [4.69, 9.17) is 0 Å². The Morgan fingerprint density at radius 3 is 2.65 bits per heavy atom. The summed E-state index contributed by atoms with van der Waals surface area (Å²) in [6, 6.07) is 0.652. The summed E-state index contributed by atoms with van der Waals surface area (Å²) in [6.45, 7) is 7.95. The number of hydrogen-bond acceptors (Lipinski definition) is 3. The summed E-state index contributed by atoms with van der Waals surface area (Å²) in [6.07, 6.45) is 5.38. The number of hydrogen-bond donors (Lipinski definition) is 1. The van der Waals surface area contributed by atoms with E-state index in [-0.39, 0.29) is 5.91 Å². The molecule has 0 aliphatic carbocycles. The van der Waals surface area contributed by atoms with Gasteiger partial charge < -0.3 is 4.90 Å². The van der Waals surface area contributed by atoms with E-state index >= 15 is 0 Å². The average Bonchev–Trinajstić information content (AvgIpc) is 3.07. The van der Waals surface area contributed by atoms with Gasteiger partial charge in [-0.3, -0.25) is 14.8 Å². The Morgan fingerprint density at radius 1 is 1.30 bits per heavy atom. The average molecular weight is 276 g/mol. The second-order valence-corrected chi connectivity index (χ2v) is 6.18. The van der Waals surface area contributed by atoms with Crippen molar-refractivity contribution in [2.45, 2.75) is 45.1 Å². The van der Waals surface area contributed by atoms with Crippen LogP contribution in [0.5, 0.6) is 0 Å². The molecule has 20 heavy (non-hydrogen) atoms. The maximum Gasteiger partial charge on any atom is 0.219 e. The fourth-order valence-electron chi connectivity index (χ4n) is 3.67. The Kier molecular flexibility index (Phi) is 3.78. The maximum atomic E-state index is 11.4. The molecule has 110 valence electrons. The molecule has 2 aliphatic rings. The summed E-state index contributed by atoms with van der Waals surface area (Å²) in [7, 11) is 0. The molecule has 2 aliphatic heterocycles. The molecule has 1 N–H and O–H groups in total. The number of carbonyl (C=O) groups excluding carboxylic acids is 1. The maximum absolute atomic E-state index is 11.4. The van der Waals surface area contributed by atoms with Crippen LogP contribution in [0, 0.1) is 6.92 Å². The highest BCUT2D eigenvalue weighted by Crippen LogP contribution is 2.31. The van der Waals surface area contributed by atoms with Crippen LogP contribution in [0.25, 0.3) is 0 Å². The van der Waals surface area contributed by atoms with Crippen LogP contribution in [-0.2, 0) is 4.79 Å². The van der Waals surface area contributed by atoms with Crippen molar-refractivity contribution >= 4 is 5.91 Å². The van der Waals surface area contributed by atoms with E-state index in [1.165, 1.54) is 24.2 Å². The molecule has 0 radical (unpaired) electrons. The first-order valence-corrected chi connectivity index (χ1v) is 7.64. The van der Waals surface area contributed by atoms with Gasteiger partial charge in [-0.1, -0.05) is 0 Å². The van der Waals surface area contributed by atoms with E-state index in [0.29, 0.717) is 12.0 Å². The van der Waals surface area contributed by atoms with Crippen LogP contribution < -0.4 is 0 Å². The summed E-state index contributed by atoms with van der Waals surface area (Å²) in [5, 5.41) is 7.31. The largest absolute Gasteiger partial charge is 0.343 e. The number of carbonyl (C=O) groups is 1. The Hall–Kier alpha value is -1.36. The normalized spacial score (nSPS) is 25.3. The summed E-state index contributed by atoms with van der Waals surface area (Å²) >= 11 is 0. The Labute approximate surface area is 120 Å². The molecule has 3 rings (SSSR count). The number of rotatable bonds is 2. The predicted octanol–water partition coefficient (Wildman–Crippen LogP) is 1.52. The number of piperidine rings is 1. The summed E-state index contributed by atoms with van der Waals surface area (Å²) < 4.78 is 0. The van der Waals surface area contributed by atoms with Crippen molar-refractivity contribution in [3.8, 4) is 0 Å². The third-order valence-corrected chi connectivity index (χ3v) is 4.92. The number of nitrogens with zero attached hydrogens (tertiary/aromatic N) is 3. The van der Waals surface area contributed by atoms with Crippen LogP contribution in [-0.4, -0.2) is 58.1 Å². The minimum atomic E-state index is 0.218. The minimum absolute atomic E-state index is 0.218. The molecule has 0 spiro atoms. The third-order valence-electron chi connectivity index (χ3n) is 4.92. The highest BCUT2D eigenvalue weighted by atomic mass is 16.2. The first-order chi connectivity index (χ1) is 9.65. The summed E-state index contributed by atoms with van der Waals surface area (Å²) in [5.74, 6) is 0.819. The van der Waals surface area contributed by atoms with E-state index < -0.39 is 0 Å². The van der Waals surface area contributed by atoms with Crippen molar-refractivity contribution in [3.63, 3.8) is 0 Å². The standard InChI is InChI=1S/C15H24N4O/c1-11-9-16-17-15(11)13-3-6-19(10-13)14-4-7-18(8-5-14)12(2)20/h9,13-14H,3-8,10H2,1-2H3,(H,16,17). The number of likely N-dealkylation sites (tertiary alicyclic amines) is 2. The molecule has 2 fully saturated rings. The molecular weight excluding hydrogens is 252 g/mol. The van der Waals surface area contributed by atoms with Crippen LogP contribution in [0.3, 0.4) is 0 Å². The smallest absolute Gasteiger partial charge is 0.219 e. The zero-order valence-corrected chi connectivity index (χ0v) is 12.4. The number of H-pyrrole nitrogens is 1. The molecular formula is C15H24N4O. The molecule has 1 atom stereocenters. The topological polar surface area (TPSA) is 52.2 Å². The van der Waals surface area contributed by atoms with Crippen LogP contribution in [0.4, 0.5) is 0 Å². The van der Waals surface area contributed by atoms with Gasteiger partial charge in [-0.05, 0) is 38.3 Å². The number of aryl methyl sites for hydroxylation is 1. The molecule has 1 unspecified atom stereocenters. The molecule has 0 saturated carbocycles. The zero-order chi connectivity index (χ0) is 14.1. The van der Waals surface area contributed by atoms with Crippen LogP contribution in [0.2, 0.25) is 0 Å². The molecule has 5 heteroatoms. The van der Waals surface area contributed by atoms with Gasteiger partial charge in [0, 0.05) is 44.2 Å². The molecule has 2 saturated heterocycles. The van der Waals surface area contributed by atoms with Crippen LogP contribution in [0.1, 0.15) is 43.4 Å². The fourth-order valence-corrected chi connectivity index (χ4v) is 3.67. The van der Waals surface area contributed by atoms with Gasteiger partial charge in [0.2, 0.25) is 5.91 Å². The van der Waals surface area contributed by atoms with Gasteiger partial charge in [0.1, 0.15) is 0 Å². The first kappa shape index (κ1) is 13.6. The van der Waals surface area contributed by atoms with E-state index in [1.54, 1.807) is 6.92 Å². The van der Waals surface area contributed by atoms with Gasteiger partial charge in [0.15, 0.2) is 0 Å². The highest BCUT2D eigenvalue weighted by Gasteiger charge is 2.32. The molecule has 0 bridgehead atoms. The third kappa shape index (κ3) is 2.59. The molecule has 1 amide bonds. The number of nitrogens with one attached hydrogen (secondary N) is 1. The zero-order valence-electron chi connectivity index (χ0n) is 12.4. The number of aromatic amines is 1. The Morgan fingerprint density at radius 2 is 2.05 bits per heavy atom. The van der Waals surface area contributed by atoms with Crippen molar-refractivity contribution in [2.24, 2.45) is 0 Å². The number of amides is 1. The van der Waals surface area contributed by atoms with Crippen molar-refractivity contribution in [2.75, 3.05) is 26.2 Å². The quantitative estimate of drug-likeness (QED) is 0.891. The van der Waals surface area contributed by atoms with Crippen molar-refractivity contribution in [1.29, 1.82) is 0 Å². The Bertz CT molecular complexity index is 476. The van der Waals surface area contributed by atoms with E-state index in [0.717, 1.165) is 32.5 Å². The van der Waals surface area contributed by atoms with E-state index in [9.17, 15) is 4.79 Å². The van der Waals surface area contributed by atoms with Gasteiger partial charge in [0.05, 0.1) is 6.20 Å². The van der Waals surface area contributed by atoms with Gasteiger partial charge in [-0.15, -0.1) is 0 Å². The molecule has 1 aromatic heterocycles.